The van der Waals surface area contributed by atoms with Gasteiger partial charge in [0.25, 0.3) is 0 Å². The minimum absolute atomic E-state index is 0.192. The number of esters is 1. The van der Waals surface area contributed by atoms with Gasteiger partial charge in [0.15, 0.2) is 0 Å². The molecule has 3 aromatic carbocycles. The molecule has 0 radical (unpaired) electrons. The highest BCUT2D eigenvalue weighted by atomic mass is 19.1. The molecule has 0 spiro atoms. The molecule has 0 fully saturated rings. The molecule has 0 amide bonds. The lowest BCUT2D eigenvalue weighted by atomic mass is 9.88. The van der Waals surface area contributed by atoms with E-state index in [0.29, 0.717) is 18.0 Å². The Morgan fingerprint density at radius 3 is 2.61 bits per heavy atom. The molecule has 1 aromatic heterocycles. The SMILES string of the molecule is COc1cc(OC(=O)c2cccnc2OC)ccc1-c1ccc2c(c1)C(CNc1cc(F)ccc1C)=CC(C)(C)N2. The molecule has 0 bridgehead atoms. The lowest BCUT2D eigenvalue weighted by Crippen LogP contribution is -2.32. The Labute approximate surface area is 239 Å². The molecule has 0 aliphatic carbocycles. The highest BCUT2D eigenvalue weighted by Gasteiger charge is 2.25. The van der Waals surface area contributed by atoms with Crippen molar-refractivity contribution in [3.05, 3.63) is 102 Å². The van der Waals surface area contributed by atoms with Crippen molar-refractivity contribution in [3.8, 4) is 28.5 Å². The second kappa shape index (κ2) is 11.3. The van der Waals surface area contributed by atoms with Gasteiger partial charge in [0.2, 0.25) is 5.88 Å². The van der Waals surface area contributed by atoms with Crippen molar-refractivity contribution in [2.45, 2.75) is 26.3 Å². The van der Waals surface area contributed by atoms with E-state index in [9.17, 15) is 9.18 Å². The van der Waals surface area contributed by atoms with E-state index >= 15 is 0 Å². The molecule has 1 aliphatic rings. The number of aryl methyl sites for hydroxylation is 1. The molecular formula is C33H32FN3O4. The Morgan fingerprint density at radius 1 is 1.00 bits per heavy atom. The standard InChI is InChI=1S/C33H32FN3O4/c1-20-8-10-23(34)16-29(20)36-19-22-18-33(2,3)37-28-13-9-21(15-27(22)28)25-12-11-24(17-30(25)39-4)41-32(38)26-7-6-14-35-31(26)40-5/h6-18,36-37H,19H2,1-5H3. The predicted octanol–water partition coefficient (Wildman–Crippen LogP) is 7.13. The zero-order chi connectivity index (χ0) is 29.1. The maximum atomic E-state index is 13.9. The number of hydrogen-bond donors (Lipinski definition) is 2. The van der Waals surface area contributed by atoms with Crippen LogP contribution in [0.25, 0.3) is 16.7 Å². The van der Waals surface area contributed by atoms with Crippen LogP contribution in [0, 0.1) is 12.7 Å². The van der Waals surface area contributed by atoms with Crippen molar-refractivity contribution >= 4 is 22.9 Å². The van der Waals surface area contributed by atoms with E-state index in [0.717, 1.165) is 39.2 Å². The van der Waals surface area contributed by atoms with Gasteiger partial charge in [-0.15, -0.1) is 0 Å². The summed E-state index contributed by atoms with van der Waals surface area (Å²) < 4.78 is 30.4. The fraction of sp³-hybridized carbons (Fsp3) is 0.212. The number of methoxy groups -OCH3 is 2. The summed E-state index contributed by atoms with van der Waals surface area (Å²) in [5.74, 6) is 0.219. The number of carbonyl (C=O) groups excluding carboxylic acids is 1. The fourth-order valence-electron chi connectivity index (χ4n) is 4.95. The first-order valence-corrected chi connectivity index (χ1v) is 13.2. The second-order valence-electron chi connectivity index (χ2n) is 10.4. The van der Waals surface area contributed by atoms with Crippen LogP contribution in [-0.2, 0) is 0 Å². The topological polar surface area (TPSA) is 81.7 Å². The molecule has 1 aliphatic heterocycles. The van der Waals surface area contributed by atoms with Gasteiger partial charge in [-0.05, 0) is 86.0 Å². The number of halogens is 1. The molecule has 4 aromatic rings. The van der Waals surface area contributed by atoms with Crippen LogP contribution in [0.1, 0.15) is 35.3 Å². The highest BCUT2D eigenvalue weighted by Crippen LogP contribution is 2.40. The summed E-state index contributed by atoms with van der Waals surface area (Å²) in [5.41, 5.74) is 6.59. The van der Waals surface area contributed by atoms with Gasteiger partial charge in [-0.1, -0.05) is 18.2 Å². The van der Waals surface area contributed by atoms with Crippen molar-refractivity contribution in [1.82, 2.24) is 4.98 Å². The summed E-state index contributed by atoms with van der Waals surface area (Å²) in [4.78, 5) is 16.8. The number of anilines is 2. The van der Waals surface area contributed by atoms with Crippen LogP contribution < -0.4 is 24.8 Å². The minimum Gasteiger partial charge on any atom is -0.496 e. The van der Waals surface area contributed by atoms with Gasteiger partial charge < -0.3 is 24.8 Å². The Hall–Kier alpha value is -4.85. The summed E-state index contributed by atoms with van der Waals surface area (Å²) in [7, 11) is 3.03. The number of ether oxygens (including phenoxy) is 3. The first-order valence-electron chi connectivity index (χ1n) is 13.2. The molecule has 7 nitrogen and oxygen atoms in total. The molecule has 8 heteroatoms. The summed E-state index contributed by atoms with van der Waals surface area (Å²) in [6.45, 7) is 6.70. The average molecular weight is 554 g/mol. The molecular weight excluding hydrogens is 521 g/mol. The number of pyridine rings is 1. The quantitative estimate of drug-likeness (QED) is 0.177. The van der Waals surface area contributed by atoms with E-state index in [1.54, 1.807) is 43.6 Å². The van der Waals surface area contributed by atoms with Gasteiger partial charge in [0.1, 0.15) is 22.9 Å². The van der Waals surface area contributed by atoms with E-state index in [-0.39, 0.29) is 22.8 Å². The average Bonchev–Trinajstić information content (AvgIpc) is 2.96. The van der Waals surface area contributed by atoms with Gasteiger partial charge in [0, 0.05) is 41.3 Å². The maximum absolute atomic E-state index is 13.9. The minimum atomic E-state index is -0.581. The number of benzene rings is 3. The molecule has 0 unspecified atom stereocenters. The molecule has 0 saturated carbocycles. The first kappa shape index (κ1) is 27.7. The maximum Gasteiger partial charge on any atom is 0.349 e. The molecule has 5 rings (SSSR count). The lowest BCUT2D eigenvalue weighted by Gasteiger charge is -2.33. The third-order valence-corrected chi connectivity index (χ3v) is 6.91. The number of nitrogens with zero attached hydrogens (tertiary/aromatic N) is 1. The molecule has 41 heavy (non-hydrogen) atoms. The van der Waals surface area contributed by atoms with Crippen LogP contribution >= 0.6 is 0 Å². The van der Waals surface area contributed by atoms with Crippen molar-refractivity contribution < 1.29 is 23.4 Å². The van der Waals surface area contributed by atoms with Gasteiger partial charge in [-0.3, -0.25) is 0 Å². The number of rotatable bonds is 8. The van der Waals surface area contributed by atoms with Crippen LogP contribution in [0.5, 0.6) is 17.4 Å². The van der Waals surface area contributed by atoms with Crippen LogP contribution in [0.3, 0.4) is 0 Å². The Bertz CT molecular complexity index is 1650. The third-order valence-electron chi connectivity index (χ3n) is 6.91. The van der Waals surface area contributed by atoms with E-state index in [4.69, 9.17) is 14.2 Å². The van der Waals surface area contributed by atoms with Crippen LogP contribution in [0.4, 0.5) is 15.8 Å². The Morgan fingerprint density at radius 2 is 1.83 bits per heavy atom. The van der Waals surface area contributed by atoms with E-state index < -0.39 is 5.97 Å². The van der Waals surface area contributed by atoms with E-state index in [2.05, 4.69) is 47.7 Å². The van der Waals surface area contributed by atoms with Crippen LogP contribution in [0.15, 0.2) is 79.0 Å². The molecule has 0 atom stereocenters. The third kappa shape index (κ3) is 6.01. The molecule has 0 saturated heterocycles. The summed E-state index contributed by atoms with van der Waals surface area (Å²) in [5, 5.41) is 6.99. The van der Waals surface area contributed by atoms with E-state index in [1.807, 2.05) is 19.1 Å². The van der Waals surface area contributed by atoms with Crippen molar-refractivity contribution in [3.63, 3.8) is 0 Å². The molecule has 210 valence electrons. The van der Waals surface area contributed by atoms with Crippen molar-refractivity contribution in [2.24, 2.45) is 0 Å². The van der Waals surface area contributed by atoms with Gasteiger partial charge in [0.05, 0.1) is 19.8 Å². The highest BCUT2D eigenvalue weighted by molar-refractivity contribution is 5.93. The van der Waals surface area contributed by atoms with E-state index in [1.165, 1.54) is 19.2 Å². The molecule has 2 heterocycles. The van der Waals surface area contributed by atoms with Crippen LogP contribution in [-0.4, -0.2) is 37.3 Å². The summed E-state index contributed by atoms with van der Waals surface area (Å²) in [6.07, 6.45) is 3.73. The lowest BCUT2D eigenvalue weighted by molar-refractivity contribution is 0.0730. The van der Waals surface area contributed by atoms with Crippen molar-refractivity contribution in [1.29, 1.82) is 0 Å². The summed E-state index contributed by atoms with van der Waals surface area (Å²) in [6, 6.07) is 19.4. The predicted molar refractivity (Wildman–Crippen MR) is 159 cm³/mol. The second-order valence-corrected chi connectivity index (χ2v) is 10.4. The molecule has 2 N–H and O–H groups in total. The number of carbonyl (C=O) groups is 1. The number of nitrogens with one attached hydrogen (secondary N) is 2. The Kier molecular flexibility index (Phi) is 7.66. The normalized spacial score (nSPS) is 13.4. The smallest absolute Gasteiger partial charge is 0.349 e. The van der Waals surface area contributed by atoms with Gasteiger partial charge in [-0.25, -0.2) is 14.2 Å². The number of hydrogen-bond acceptors (Lipinski definition) is 7. The first-order chi connectivity index (χ1) is 19.7. The van der Waals surface area contributed by atoms with Gasteiger partial charge >= 0.3 is 5.97 Å². The van der Waals surface area contributed by atoms with Crippen LogP contribution in [0.2, 0.25) is 0 Å². The largest absolute Gasteiger partial charge is 0.496 e. The van der Waals surface area contributed by atoms with Gasteiger partial charge in [-0.2, -0.15) is 0 Å². The number of aromatic nitrogens is 1. The number of fused-ring (bicyclic) bond motifs is 1. The zero-order valence-corrected chi connectivity index (χ0v) is 23.7. The monoisotopic (exact) mass is 553 g/mol. The fourth-order valence-corrected chi connectivity index (χ4v) is 4.95. The Balaban J connectivity index is 1.43. The zero-order valence-electron chi connectivity index (χ0n) is 23.7. The summed E-state index contributed by atoms with van der Waals surface area (Å²) >= 11 is 0. The van der Waals surface area contributed by atoms with Crippen molar-refractivity contribution in [2.75, 3.05) is 31.4 Å².